The van der Waals surface area contributed by atoms with E-state index >= 15 is 0 Å². The number of aliphatic hydroxyl groups excluding tert-OH is 1. The van der Waals surface area contributed by atoms with Crippen molar-refractivity contribution < 1.29 is 58.5 Å². The van der Waals surface area contributed by atoms with Gasteiger partial charge in [-0.15, -0.1) is 0 Å². The van der Waals surface area contributed by atoms with E-state index in [9.17, 15) is 58.5 Å². The third kappa shape index (κ3) is 17.9. The van der Waals surface area contributed by atoms with Gasteiger partial charge in [0.2, 0.25) is 47.1 Å². The minimum atomic E-state index is -1.52. The lowest BCUT2D eigenvalue weighted by atomic mass is 9.93. The summed E-state index contributed by atoms with van der Waals surface area (Å²) in [5, 5.41) is 44.6. The molecule has 1 aliphatic heterocycles. The Morgan fingerprint density at radius 1 is 0.694 bits per heavy atom. The number of ketones is 1. The third-order valence-corrected chi connectivity index (χ3v) is 12.9. The van der Waals surface area contributed by atoms with Crippen molar-refractivity contribution in [1.82, 2.24) is 41.3 Å². The summed E-state index contributed by atoms with van der Waals surface area (Å²) in [6.45, 7) is 4.84. The Kier molecular flexibility index (Phi) is 24.6. The molecule has 72 heavy (non-hydrogen) atoms. The summed E-state index contributed by atoms with van der Waals surface area (Å²) in [4.78, 5) is 123. The van der Waals surface area contributed by atoms with Gasteiger partial charge in [-0.2, -0.15) is 0 Å². The molecule has 0 aromatic heterocycles. The number of unbranched alkanes of at least 4 members (excludes halogenated alkanes) is 12. The van der Waals surface area contributed by atoms with E-state index in [0.29, 0.717) is 12.0 Å². The standard InChI is InChI=1S/C52H78N8O12/c1-9-10-11-12-13-14-15-16-17-18-19-20-21-22-43(64)59(7)40(31-61)50(70)55-33(3)47(67)53-30-44(65)60(8)45-36-24-26-42(63)38(29-36)37-27-35(23-25-41(37)62)28-39(57-48(68)34(4)56-51(45)71)49(69)54-32(2)46(66)52(72)58(5)6/h23-27,29,32-34,39-40,45,61-63H,9-22,28,30-31H2,1-8H3,(H,53,67)(H,54,69)(H,55,70)(H,56,71)(H,57,68)/t32-,33-,34+,39+,40-,45+/m1/s1. The first-order valence-corrected chi connectivity index (χ1v) is 25.1. The zero-order chi connectivity index (χ0) is 53.7. The monoisotopic (exact) mass is 1010 g/mol. The van der Waals surface area contributed by atoms with Crippen LogP contribution in [-0.2, 0) is 49.6 Å². The van der Waals surface area contributed by atoms with E-state index in [0.717, 1.165) is 40.4 Å². The maximum Gasteiger partial charge on any atom is 0.291 e. The number of amides is 8. The number of aromatic hydroxyl groups is 2. The van der Waals surface area contributed by atoms with Gasteiger partial charge in [0.1, 0.15) is 41.7 Å². The number of nitrogens with zero attached hydrogens (tertiary/aromatic N) is 3. The first-order chi connectivity index (χ1) is 34.1. The van der Waals surface area contributed by atoms with Crippen LogP contribution in [0.15, 0.2) is 36.4 Å². The average molecular weight is 1010 g/mol. The number of likely N-dealkylation sites (N-methyl/N-ethyl adjacent to an activating group) is 3. The normalized spacial score (nSPS) is 16.9. The molecule has 0 spiro atoms. The van der Waals surface area contributed by atoms with Crippen molar-refractivity contribution in [2.45, 2.75) is 160 Å². The zero-order valence-corrected chi connectivity index (χ0v) is 43.3. The van der Waals surface area contributed by atoms with Gasteiger partial charge in [0.05, 0.1) is 19.2 Å². The molecule has 0 saturated carbocycles. The van der Waals surface area contributed by atoms with Crippen molar-refractivity contribution in [3.63, 3.8) is 0 Å². The van der Waals surface area contributed by atoms with E-state index in [1.54, 1.807) is 0 Å². The first-order valence-electron chi connectivity index (χ1n) is 25.1. The molecule has 0 radical (unpaired) electrons. The summed E-state index contributed by atoms with van der Waals surface area (Å²) < 4.78 is 0. The molecule has 8 amide bonds. The number of phenols is 2. The number of fused-ring (bicyclic) bond motifs is 5. The van der Waals surface area contributed by atoms with Crippen LogP contribution in [0.25, 0.3) is 11.1 Å². The van der Waals surface area contributed by atoms with Crippen LogP contribution in [-0.4, -0.2) is 155 Å². The van der Waals surface area contributed by atoms with Crippen LogP contribution >= 0.6 is 0 Å². The molecule has 0 aliphatic carbocycles. The minimum absolute atomic E-state index is 0.0352. The lowest BCUT2D eigenvalue weighted by Gasteiger charge is -2.30. The molecule has 0 fully saturated rings. The molecular formula is C52H78N8O12. The van der Waals surface area contributed by atoms with Crippen molar-refractivity contribution in [2.24, 2.45) is 0 Å². The van der Waals surface area contributed by atoms with Crippen LogP contribution in [0.3, 0.4) is 0 Å². The van der Waals surface area contributed by atoms with Crippen LogP contribution in [0, 0.1) is 0 Å². The molecule has 2 aromatic carbocycles. The predicted molar refractivity (Wildman–Crippen MR) is 270 cm³/mol. The zero-order valence-electron chi connectivity index (χ0n) is 43.3. The number of benzene rings is 2. The van der Waals surface area contributed by atoms with Crippen LogP contribution in [0.4, 0.5) is 0 Å². The topological polar surface area (TPSA) is 284 Å². The molecule has 1 aliphatic rings. The van der Waals surface area contributed by atoms with Gasteiger partial charge in [0.25, 0.3) is 5.91 Å². The van der Waals surface area contributed by atoms with Crippen molar-refractivity contribution >= 4 is 53.0 Å². The average Bonchev–Trinajstić information content (AvgIpc) is 3.34. The number of carbonyl (C=O) groups excluding carboxylic acids is 9. The van der Waals surface area contributed by atoms with Gasteiger partial charge in [0, 0.05) is 52.2 Å². The van der Waals surface area contributed by atoms with Crippen molar-refractivity contribution in [1.29, 1.82) is 0 Å². The molecule has 0 unspecified atom stereocenters. The van der Waals surface area contributed by atoms with Gasteiger partial charge in [-0.1, -0.05) is 96.1 Å². The van der Waals surface area contributed by atoms with Crippen LogP contribution in [0.5, 0.6) is 11.5 Å². The third-order valence-electron chi connectivity index (χ3n) is 12.9. The molecule has 3 rings (SSSR count). The molecule has 4 bridgehead atoms. The van der Waals surface area contributed by atoms with E-state index in [1.165, 1.54) is 137 Å². The SMILES string of the molecule is CCCCCCCCCCCCCCCC(=O)N(C)[C@H](CO)C(=O)N[C@H](C)C(=O)NCC(=O)N(C)[C@@H]1C(=O)N[C@@H](C)C(=O)N[C@H](C(=O)N[C@H](C)C(=O)C(=O)N(C)C)Cc2ccc(O)c(c2)-c2cc1ccc2O. The second-order valence-electron chi connectivity index (χ2n) is 19.0. The quantitative estimate of drug-likeness (QED) is 0.0499. The Hall–Kier alpha value is -6.57. The Morgan fingerprint density at radius 2 is 1.25 bits per heavy atom. The molecule has 0 saturated heterocycles. The summed E-state index contributed by atoms with van der Waals surface area (Å²) in [5.74, 6) is -7.68. The number of hydrogen-bond acceptors (Lipinski definition) is 12. The van der Waals surface area contributed by atoms with Crippen LogP contribution in [0.2, 0.25) is 0 Å². The maximum atomic E-state index is 14.2. The molecule has 398 valence electrons. The Bertz CT molecular complexity index is 2220. The smallest absolute Gasteiger partial charge is 0.291 e. The summed E-state index contributed by atoms with van der Waals surface area (Å²) in [6, 6.07) is 0.204. The molecule has 20 heteroatoms. The minimum Gasteiger partial charge on any atom is -0.507 e. The lowest BCUT2D eigenvalue weighted by Crippen LogP contribution is -2.57. The van der Waals surface area contributed by atoms with E-state index in [-0.39, 0.29) is 46.9 Å². The highest BCUT2D eigenvalue weighted by molar-refractivity contribution is 6.38. The van der Waals surface area contributed by atoms with Crippen LogP contribution < -0.4 is 26.6 Å². The molecular weight excluding hydrogens is 929 g/mol. The van der Waals surface area contributed by atoms with E-state index in [1.807, 2.05) is 0 Å². The number of aliphatic hydroxyl groups is 1. The highest BCUT2D eigenvalue weighted by Crippen LogP contribution is 2.38. The summed E-state index contributed by atoms with van der Waals surface area (Å²) in [5.41, 5.74) is 0.618. The largest absolute Gasteiger partial charge is 0.507 e. The maximum absolute atomic E-state index is 14.2. The van der Waals surface area contributed by atoms with Gasteiger partial charge in [-0.05, 0) is 62.6 Å². The fourth-order valence-electron chi connectivity index (χ4n) is 8.29. The second-order valence-corrected chi connectivity index (χ2v) is 19.0. The number of carbonyl (C=O) groups is 9. The van der Waals surface area contributed by atoms with Crippen LogP contribution in [0.1, 0.15) is 135 Å². The highest BCUT2D eigenvalue weighted by atomic mass is 16.3. The second kappa shape index (κ2) is 29.7. The van der Waals surface area contributed by atoms with Gasteiger partial charge >= 0.3 is 0 Å². The highest BCUT2D eigenvalue weighted by Gasteiger charge is 2.35. The molecule has 20 nitrogen and oxygen atoms in total. The van der Waals surface area contributed by atoms with E-state index < -0.39 is 96.5 Å². The fourth-order valence-corrected chi connectivity index (χ4v) is 8.29. The predicted octanol–water partition coefficient (Wildman–Crippen LogP) is 2.89. The summed E-state index contributed by atoms with van der Waals surface area (Å²) in [7, 11) is 5.43. The molecule has 2 aromatic rings. The first kappa shape index (κ1) is 59.7. The van der Waals surface area contributed by atoms with Crippen molar-refractivity contribution in [3.05, 3.63) is 47.5 Å². The Labute approximate surface area is 423 Å². The van der Waals surface area contributed by atoms with Crippen molar-refractivity contribution in [2.75, 3.05) is 41.3 Å². The fraction of sp³-hybridized carbons (Fsp3) is 0.596. The summed E-state index contributed by atoms with van der Waals surface area (Å²) in [6.07, 6.45) is 15.0. The van der Waals surface area contributed by atoms with Crippen molar-refractivity contribution in [3.8, 4) is 22.6 Å². The van der Waals surface area contributed by atoms with Gasteiger partial charge in [-0.3, -0.25) is 43.2 Å². The summed E-state index contributed by atoms with van der Waals surface area (Å²) >= 11 is 0. The number of Topliss-reactive ketones (excluding diaryl/α,β-unsaturated/α-hetero) is 1. The van der Waals surface area contributed by atoms with Gasteiger partial charge in [0.15, 0.2) is 0 Å². The molecule has 8 N–H and O–H groups in total. The van der Waals surface area contributed by atoms with Gasteiger partial charge in [-0.25, -0.2) is 0 Å². The number of phenolic OH excluding ortho intramolecular Hbond substituents is 2. The Balaban J connectivity index is 1.68. The lowest BCUT2D eigenvalue weighted by molar-refractivity contribution is -0.144. The number of nitrogens with one attached hydrogen (secondary N) is 5. The van der Waals surface area contributed by atoms with E-state index in [2.05, 4.69) is 33.5 Å². The number of hydrogen-bond donors (Lipinski definition) is 8. The molecule has 6 atom stereocenters. The van der Waals surface area contributed by atoms with E-state index in [4.69, 9.17) is 0 Å². The Morgan fingerprint density at radius 3 is 1.82 bits per heavy atom. The molecule has 1 heterocycles. The number of rotatable bonds is 26. The van der Waals surface area contributed by atoms with Gasteiger partial charge < -0.3 is 56.6 Å².